The largest absolute Gasteiger partial charge is 0.398 e. The van der Waals surface area contributed by atoms with E-state index in [1.807, 2.05) is 0 Å². The fourth-order valence-electron chi connectivity index (χ4n) is 2.06. The first-order valence-corrected chi connectivity index (χ1v) is 6.57. The molecule has 1 atom stereocenters. The predicted molar refractivity (Wildman–Crippen MR) is 75.6 cm³/mol. The zero-order chi connectivity index (χ0) is 14.7. The molecule has 1 unspecified atom stereocenters. The number of carbonyl (C=O) groups excluding carboxylic acids is 2. The van der Waals surface area contributed by atoms with Crippen molar-refractivity contribution in [1.82, 2.24) is 10.2 Å². The molecule has 1 saturated heterocycles. The van der Waals surface area contributed by atoms with Crippen LogP contribution in [0.4, 0.5) is 5.69 Å². The van der Waals surface area contributed by atoms with Gasteiger partial charge in [0.2, 0.25) is 5.91 Å². The Balaban J connectivity index is 2.25. The first-order chi connectivity index (χ1) is 9.54. The number of nitrogens with two attached hydrogens (primary N) is 1. The zero-order valence-electron chi connectivity index (χ0n) is 11.1. The number of nitrogens with one attached hydrogen (secondary N) is 1. The summed E-state index contributed by atoms with van der Waals surface area (Å²) in [6, 6.07) is 4.05. The first kappa shape index (κ1) is 14.6. The minimum Gasteiger partial charge on any atom is -0.398 e. The summed E-state index contributed by atoms with van der Waals surface area (Å²) in [4.78, 5) is 25.8. The number of rotatable bonds is 2. The van der Waals surface area contributed by atoms with Crippen LogP contribution in [0.1, 0.15) is 10.4 Å². The molecule has 0 radical (unpaired) electrons. The highest BCUT2D eigenvalue weighted by molar-refractivity contribution is 6.33. The minimum absolute atomic E-state index is 0.189. The highest BCUT2D eigenvalue weighted by atomic mass is 35.5. The minimum atomic E-state index is -0.627. The van der Waals surface area contributed by atoms with E-state index in [9.17, 15) is 9.59 Å². The number of likely N-dealkylation sites (N-methyl/N-ethyl adjacent to an activating group) is 1. The summed E-state index contributed by atoms with van der Waals surface area (Å²) in [6.45, 7) is 0.953. The fourth-order valence-corrected chi connectivity index (χ4v) is 2.24. The number of anilines is 1. The summed E-state index contributed by atoms with van der Waals surface area (Å²) < 4.78 is 5.26. The molecule has 1 fully saturated rings. The number of nitrogen functional groups attached to an aromatic ring is 1. The van der Waals surface area contributed by atoms with Crippen molar-refractivity contribution in [2.24, 2.45) is 0 Å². The zero-order valence-corrected chi connectivity index (χ0v) is 11.8. The molecule has 3 N–H and O–H groups in total. The van der Waals surface area contributed by atoms with Gasteiger partial charge in [0.25, 0.3) is 5.91 Å². The van der Waals surface area contributed by atoms with Gasteiger partial charge in [0, 0.05) is 19.2 Å². The molecule has 2 amide bonds. The first-order valence-electron chi connectivity index (χ1n) is 6.20. The third-order valence-electron chi connectivity index (χ3n) is 3.19. The van der Waals surface area contributed by atoms with E-state index in [4.69, 9.17) is 22.1 Å². The molecule has 0 aromatic heterocycles. The van der Waals surface area contributed by atoms with E-state index < -0.39 is 6.04 Å². The van der Waals surface area contributed by atoms with Crippen LogP contribution >= 0.6 is 11.6 Å². The Morgan fingerprint density at radius 1 is 1.50 bits per heavy atom. The van der Waals surface area contributed by atoms with E-state index in [1.165, 1.54) is 18.0 Å². The normalized spacial score (nSPS) is 18.7. The van der Waals surface area contributed by atoms with Crippen LogP contribution in [-0.2, 0) is 9.53 Å². The number of nitrogens with zero attached hydrogens (tertiary/aromatic N) is 1. The van der Waals surface area contributed by atoms with Crippen molar-refractivity contribution in [2.75, 3.05) is 32.5 Å². The average Bonchev–Trinajstić information content (AvgIpc) is 2.48. The quantitative estimate of drug-likeness (QED) is 0.779. The van der Waals surface area contributed by atoms with Crippen molar-refractivity contribution in [3.63, 3.8) is 0 Å². The molecule has 0 spiro atoms. The van der Waals surface area contributed by atoms with Gasteiger partial charge in [-0.1, -0.05) is 11.6 Å². The van der Waals surface area contributed by atoms with Crippen molar-refractivity contribution < 1.29 is 14.3 Å². The lowest BCUT2D eigenvalue weighted by atomic mass is 10.1. The molecule has 0 aliphatic carbocycles. The van der Waals surface area contributed by atoms with Crippen LogP contribution < -0.4 is 11.1 Å². The van der Waals surface area contributed by atoms with Crippen LogP contribution in [0.3, 0.4) is 0 Å². The molecule has 1 aromatic rings. The Morgan fingerprint density at radius 3 is 2.90 bits per heavy atom. The number of amides is 2. The van der Waals surface area contributed by atoms with E-state index in [1.54, 1.807) is 12.1 Å². The number of hydrogen-bond donors (Lipinski definition) is 2. The molecule has 0 saturated carbocycles. The number of ether oxygens (including phenoxy) is 1. The Bertz CT molecular complexity index is 536. The van der Waals surface area contributed by atoms with Crippen LogP contribution in [0.2, 0.25) is 5.02 Å². The highest BCUT2D eigenvalue weighted by Crippen LogP contribution is 2.21. The molecule has 2 rings (SSSR count). The maximum Gasteiger partial charge on any atom is 0.254 e. The number of morpholine rings is 1. The lowest BCUT2D eigenvalue weighted by Crippen LogP contribution is -2.55. The van der Waals surface area contributed by atoms with Gasteiger partial charge in [-0.2, -0.15) is 0 Å². The summed E-state index contributed by atoms with van der Waals surface area (Å²) in [5.74, 6) is -0.511. The topological polar surface area (TPSA) is 84.7 Å². The van der Waals surface area contributed by atoms with Gasteiger partial charge in [-0.15, -0.1) is 0 Å². The standard InChI is InChI=1S/C13H16ClN3O3/c1-16-12(18)11-7-20-5-4-17(11)13(19)8-2-3-10(15)9(14)6-8/h2-3,6,11H,4-5,7,15H2,1H3,(H,16,18). The molecule has 0 bridgehead atoms. The third kappa shape index (κ3) is 2.86. The van der Waals surface area contributed by atoms with Crippen molar-refractivity contribution in [1.29, 1.82) is 0 Å². The maximum absolute atomic E-state index is 12.5. The second kappa shape index (κ2) is 6.11. The molecule has 1 aliphatic rings. The van der Waals surface area contributed by atoms with Gasteiger partial charge < -0.3 is 20.7 Å². The van der Waals surface area contributed by atoms with E-state index in [0.717, 1.165) is 0 Å². The van der Waals surface area contributed by atoms with E-state index >= 15 is 0 Å². The molecule has 1 aromatic carbocycles. The summed E-state index contributed by atoms with van der Waals surface area (Å²) in [5, 5.41) is 2.85. The van der Waals surface area contributed by atoms with Crippen molar-refractivity contribution >= 4 is 29.1 Å². The Labute approximate surface area is 121 Å². The van der Waals surface area contributed by atoms with Gasteiger partial charge >= 0.3 is 0 Å². The molecule has 108 valence electrons. The molecule has 7 heteroatoms. The van der Waals surface area contributed by atoms with Crippen LogP contribution in [-0.4, -0.2) is 49.6 Å². The van der Waals surface area contributed by atoms with Crippen LogP contribution in [0.15, 0.2) is 18.2 Å². The highest BCUT2D eigenvalue weighted by Gasteiger charge is 2.32. The second-order valence-corrected chi connectivity index (χ2v) is 4.85. The number of hydrogen-bond acceptors (Lipinski definition) is 4. The third-order valence-corrected chi connectivity index (χ3v) is 3.51. The van der Waals surface area contributed by atoms with Gasteiger partial charge in [0.15, 0.2) is 0 Å². The number of benzene rings is 1. The molecule has 1 aliphatic heterocycles. The van der Waals surface area contributed by atoms with Crippen molar-refractivity contribution in [2.45, 2.75) is 6.04 Å². The maximum atomic E-state index is 12.5. The van der Waals surface area contributed by atoms with E-state index in [-0.39, 0.29) is 18.4 Å². The lowest BCUT2D eigenvalue weighted by molar-refractivity contribution is -0.130. The van der Waals surface area contributed by atoms with Crippen molar-refractivity contribution in [3.05, 3.63) is 28.8 Å². The molecular formula is C13H16ClN3O3. The molecule has 20 heavy (non-hydrogen) atoms. The number of halogens is 1. The summed E-state index contributed by atoms with van der Waals surface area (Å²) in [6.07, 6.45) is 0. The molecule has 1 heterocycles. The van der Waals surface area contributed by atoms with Gasteiger partial charge in [0.05, 0.1) is 23.9 Å². The van der Waals surface area contributed by atoms with Gasteiger partial charge in [-0.25, -0.2) is 0 Å². The average molecular weight is 298 g/mol. The SMILES string of the molecule is CNC(=O)C1COCCN1C(=O)c1ccc(N)c(Cl)c1. The van der Waals surface area contributed by atoms with E-state index in [2.05, 4.69) is 5.32 Å². The molecule has 6 nitrogen and oxygen atoms in total. The van der Waals surface area contributed by atoms with Gasteiger partial charge in [0.1, 0.15) is 6.04 Å². The summed E-state index contributed by atoms with van der Waals surface area (Å²) in [7, 11) is 1.53. The molecular weight excluding hydrogens is 282 g/mol. The Hall–Kier alpha value is -1.79. The van der Waals surface area contributed by atoms with Crippen molar-refractivity contribution in [3.8, 4) is 0 Å². The number of carbonyl (C=O) groups is 2. The van der Waals surface area contributed by atoms with Crippen LogP contribution in [0.25, 0.3) is 0 Å². The van der Waals surface area contributed by atoms with Gasteiger partial charge in [-0.3, -0.25) is 9.59 Å². The van der Waals surface area contributed by atoms with Gasteiger partial charge in [-0.05, 0) is 18.2 Å². The smallest absolute Gasteiger partial charge is 0.254 e. The Kier molecular flexibility index (Phi) is 4.46. The summed E-state index contributed by atoms with van der Waals surface area (Å²) in [5.41, 5.74) is 6.44. The lowest BCUT2D eigenvalue weighted by Gasteiger charge is -2.34. The van der Waals surface area contributed by atoms with E-state index in [0.29, 0.717) is 29.4 Å². The summed E-state index contributed by atoms with van der Waals surface area (Å²) >= 11 is 5.92. The predicted octanol–water partition coefficient (Wildman–Crippen LogP) is 0.509. The van der Waals surface area contributed by atoms with Crippen LogP contribution in [0, 0.1) is 0 Å². The monoisotopic (exact) mass is 297 g/mol. The second-order valence-electron chi connectivity index (χ2n) is 4.44. The fraction of sp³-hybridized carbons (Fsp3) is 0.385. The Morgan fingerprint density at radius 2 is 2.25 bits per heavy atom. The van der Waals surface area contributed by atoms with Crippen LogP contribution in [0.5, 0.6) is 0 Å².